The van der Waals surface area contributed by atoms with Gasteiger partial charge in [0.05, 0.1) is 28.3 Å². The van der Waals surface area contributed by atoms with Crippen molar-refractivity contribution in [2.45, 2.75) is 18.7 Å². The van der Waals surface area contributed by atoms with E-state index < -0.39 is 11.7 Å². The zero-order valence-electron chi connectivity index (χ0n) is 15.2. The Bertz CT molecular complexity index is 1030. The molecule has 1 amide bonds. The minimum Gasteiger partial charge on any atom is -0.304 e. The number of thioether (sulfide) groups is 1. The van der Waals surface area contributed by atoms with Crippen molar-refractivity contribution in [1.82, 2.24) is 9.78 Å². The number of aryl methyl sites for hydroxylation is 1. The molecule has 0 saturated carbocycles. The molecule has 0 saturated heterocycles. The van der Waals surface area contributed by atoms with Crippen LogP contribution in [0.25, 0.3) is 5.69 Å². The van der Waals surface area contributed by atoms with E-state index in [1.807, 2.05) is 61.5 Å². The van der Waals surface area contributed by atoms with Gasteiger partial charge in [-0.25, -0.2) is 4.68 Å². The van der Waals surface area contributed by atoms with E-state index in [0.29, 0.717) is 23.5 Å². The lowest BCUT2D eigenvalue weighted by atomic mass is 10.1. The van der Waals surface area contributed by atoms with Crippen LogP contribution in [0.2, 0.25) is 0 Å². The molecule has 1 aliphatic heterocycles. The summed E-state index contributed by atoms with van der Waals surface area (Å²) in [4.78, 5) is 28.7. The van der Waals surface area contributed by atoms with Gasteiger partial charge in [-0.15, -0.1) is 11.8 Å². The minimum atomic E-state index is -0.506. The fourth-order valence-corrected chi connectivity index (χ4v) is 4.40. The van der Waals surface area contributed by atoms with Crippen molar-refractivity contribution in [2.24, 2.45) is 0 Å². The van der Waals surface area contributed by atoms with Gasteiger partial charge in [-0.2, -0.15) is 5.10 Å². The fourth-order valence-electron chi connectivity index (χ4n) is 3.40. The van der Waals surface area contributed by atoms with Crippen LogP contribution in [0, 0.1) is 13.8 Å². The SMILES string of the molecule is Cc1nn(-c2ccccc2)c(C)c1C(=O)C(=O)N1CCSc2ccccc21. The largest absolute Gasteiger partial charge is 0.304 e. The quantitative estimate of drug-likeness (QED) is 0.514. The molecule has 1 aromatic heterocycles. The van der Waals surface area contributed by atoms with Crippen molar-refractivity contribution >= 4 is 29.1 Å². The van der Waals surface area contributed by atoms with E-state index >= 15 is 0 Å². The van der Waals surface area contributed by atoms with Gasteiger partial charge in [-0.1, -0.05) is 30.3 Å². The predicted molar refractivity (Wildman–Crippen MR) is 107 cm³/mol. The Hall–Kier alpha value is -2.86. The molecule has 5 nitrogen and oxygen atoms in total. The Labute approximate surface area is 162 Å². The molecular weight excluding hydrogens is 358 g/mol. The van der Waals surface area contributed by atoms with E-state index in [1.165, 1.54) is 0 Å². The standard InChI is InChI=1S/C21H19N3O2S/c1-14-19(15(2)24(22-14)16-8-4-3-5-9-16)20(25)21(26)23-12-13-27-18-11-7-6-10-17(18)23/h3-11H,12-13H2,1-2H3. The van der Waals surface area contributed by atoms with Gasteiger partial charge in [-0.3, -0.25) is 9.59 Å². The lowest BCUT2D eigenvalue weighted by molar-refractivity contribution is -0.114. The lowest BCUT2D eigenvalue weighted by Gasteiger charge is -2.28. The third-order valence-corrected chi connectivity index (χ3v) is 5.73. The molecule has 1 aliphatic rings. The van der Waals surface area contributed by atoms with Gasteiger partial charge in [0.15, 0.2) is 0 Å². The highest BCUT2D eigenvalue weighted by Gasteiger charge is 2.31. The van der Waals surface area contributed by atoms with Gasteiger partial charge >= 0.3 is 0 Å². The van der Waals surface area contributed by atoms with Crippen molar-refractivity contribution in [2.75, 3.05) is 17.2 Å². The third kappa shape index (κ3) is 3.06. The van der Waals surface area contributed by atoms with Gasteiger partial charge in [0, 0.05) is 17.2 Å². The van der Waals surface area contributed by atoms with E-state index in [1.54, 1.807) is 28.3 Å². The van der Waals surface area contributed by atoms with Crippen molar-refractivity contribution in [3.63, 3.8) is 0 Å². The molecule has 136 valence electrons. The number of aromatic nitrogens is 2. The van der Waals surface area contributed by atoms with Crippen LogP contribution in [0.3, 0.4) is 0 Å². The van der Waals surface area contributed by atoms with Crippen LogP contribution in [-0.4, -0.2) is 33.8 Å². The van der Waals surface area contributed by atoms with Crippen LogP contribution in [0.1, 0.15) is 21.7 Å². The number of rotatable bonds is 3. The van der Waals surface area contributed by atoms with Gasteiger partial charge in [0.25, 0.3) is 11.7 Å². The normalized spacial score (nSPS) is 13.3. The Kier molecular flexibility index (Phi) is 4.58. The predicted octanol–water partition coefficient (Wildman–Crippen LogP) is 3.81. The van der Waals surface area contributed by atoms with Crippen LogP contribution in [0.15, 0.2) is 59.5 Å². The van der Waals surface area contributed by atoms with Crippen LogP contribution < -0.4 is 4.90 Å². The monoisotopic (exact) mass is 377 g/mol. The number of amides is 1. The highest BCUT2D eigenvalue weighted by Crippen LogP contribution is 2.34. The maximum atomic E-state index is 13.1. The maximum Gasteiger partial charge on any atom is 0.299 e. The van der Waals surface area contributed by atoms with Crippen LogP contribution in [-0.2, 0) is 4.79 Å². The summed E-state index contributed by atoms with van der Waals surface area (Å²) in [5.74, 6) is -0.229. The molecule has 0 N–H and O–H groups in total. The first kappa shape index (κ1) is 17.5. The van der Waals surface area contributed by atoms with E-state index in [2.05, 4.69) is 5.10 Å². The molecular formula is C21H19N3O2S. The number of hydrogen-bond acceptors (Lipinski definition) is 4. The third-order valence-electron chi connectivity index (χ3n) is 4.69. The van der Waals surface area contributed by atoms with Crippen molar-refractivity contribution in [3.8, 4) is 5.69 Å². The van der Waals surface area contributed by atoms with Crippen molar-refractivity contribution in [1.29, 1.82) is 0 Å². The lowest BCUT2D eigenvalue weighted by Crippen LogP contribution is -2.40. The van der Waals surface area contributed by atoms with E-state index in [-0.39, 0.29) is 0 Å². The van der Waals surface area contributed by atoms with Gasteiger partial charge in [-0.05, 0) is 38.1 Å². The average Bonchev–Trinajstić information content (AvgIpc) is 3.01. The molecule has 0 unspecified atom stereocenters. The Morgan fingerprint density at radius 1 is 1.00 bits per heavy atom. The van der Waals surface area contributed by atoms with E-state index in [9.17, 15) is 9.59 Å². The molecule has 4 rings (SSSR count). The van der Waals surface area contributed by atoms with E-state index in [0.717, 1.165) is 22.0 Å². The van der Waals surface area contributed by atoms with Crippen molar-refractivity contribution < 1.29 is 9.59 Å². The molecule has 0 spiro atoms. The molecule has 6 heteroatoms. The summed E-state index contributed by atoms with van der Waals surface area (Å²) in [5.41, 5.74) is 3.30. The number of hydrogen-bond donors (Lipinski definition) is 0. The molecule has 0 fully saturated rings. The summed E-state index contributed by atoms with van der Waals surface area (Å²) in [6, 6.07) is 17.3. The van der Waals surface area contributed by atoms with Gasteiger partial charge in [0.1, 0.15) is 0 Å². The second-order valence-corrected chi connectivity index (χ2v) is 7.53. The summed E-state index contributed by atoms with van der Waals surface area (Å²) >= 11 is 1.70. The molecule has 0 atom stereocenters. The highest BCUT2D eigenvalue weighted by atomic mass is 32.2. The smallest absolute Gasteiger partial charge is 0.299 e. The van der Waals surface area contributed by atoms with Crippen molar-refractivity contribution in [3.05, 3.63) is 71.5 Å². The van der Waals surface area contributed by atoms with E-state index in [4.69, 9.17) is 0 Å². The number of anilines is 1. The number of carbonyl (C=O) groups is 2. The number of benzene rings is 2. The maximum absolute atomic E-state index is 13.1. The summed E-state index contributed by atoms with van der Waals surface area (Å²) in [7, 11) is 0. The second kappa shape index (κ2) is 7.04. The van der Waals surface area contributed by atoms with Crippen LogP contribution >= 0.6 is 11.8 Å². The average molecular weight is 377 g/mol. The zero-order valence-corrected chi connectivity index (χ0v) is 16.0. The number of para-hydroxylation sites is 2. The number of ketones is 1. The summed E-state index contributed by atoms with van der Waals surface area (Å²) in [6.45, 7) is 4.12. The van der Waals surface area contributed by atoms with Gasteiger partial charge < -0.3 is 4.90 Å². The Morgan fingerprint density at radius 2 is 1.70 bits per heavy atom. The molecule has 3 aromatic rings. The zero-order chi connectivity index (χ0) is 19.0. The summed E-state index contributed by atoms with van der Waals surface area (Å²) in [5, 5.41) is 4.49. The molecule has 0 radical (unpaired) electrons. The first-order chi connectivity index (χ1) is 13.1. The molecule has 0 aliphatic carbocycles. The Morgan fingerprint density at radius 3 is 2.48 bits per heavy atom. The second-order valence-electron chi connectivity index (χ2n) is 6.40. The number of carbonyl (C=O) groups excluding carboxylic acids is 2. The minimum absolute atomic E-state index is 0.388. The summed E-state index contributed by atoms with van der Waals surface area (Å²) < 4.78 is 1.72. The molecule has 0 bridgehead atoms. The van der Waals surface area contributed by atoms with Crippen LogP contribution in [0.5, 0.6) is 0 Å². The molecule has 2 aromatic carbocycles. The molecule has 27 heavy (non-hydrogen) atoms. The summed E-state index contributed by atoms with van der Waals surface area (Å²) in [6.07, 6.45) is 0. The first-order valence-electron chi connectivity index (χ1n) is 8.77. The number of nitrogens with zero attached hydrogens (tertiary/aromatic N) is 3. The highest BCUT2D eigenvalue weighted by molar-refractivity contribution is 7.99. The molecule has 2 heterocycles. The number of fused-ring (bicyclic) bond motifs is 1. The number of Topliss-reactive ketones (excluding diaryl/α,β-unsaturated/α-hetero) is 1. The first-order valence-corrected chi connectivity index (χ1v) is 9.76. The fraction of sp³-hybridized carbons (Fsp3) is 0.190. The van der Waals surface area contributed by atoms with Crippen LogP contribution in [0.4, 0.5) is 5.69 Å². The Balaban J connectivity index is 1.70. The topological polar surface area (TPSA) is 55.2 Å². The van der Waals surface area contributed by atoms with Gasteiger partial charge in [0.2, 0.25) is 0 Å².